The van der Waals surface area contributed by atoms with Crippen molar-refractivity contribution in [2.45, 2.75) is 12.8 Å². The first kappa shape index (κ1) is 15.2. The number of aryl methyl sites for hydroxylation is 1. The average Bonchev–Trinajstić information content (AvgIpc) is 2.68. The number of nitriles is 1. The van der Waals surface area contributed by atoms with E-state index < -0.39 is 0 Å². The standard InChI is InChI=1S/C20H17N5/c21-13-16-7-1-3-9-17(16)24-19-12-20(23-14-22-19)25-11-5-8-15-6-2-4-10-18(15)25/h1-4,6-7,9-10,12,14H,5,8,11H2,(H,22,23,24). The zero-order chi connectivity index (χ0) is 17.1. The third kappa shape index (κ3) is 3.02. The highest BCUT2D eigenvalue weighted by Crippen LogP contribution is 2.33. The Morgan fingerprint density at radius 2 is 1.88 bits per heavy atom. The highest BCUT2D eigenvalue weighted by molar-refractivity contribution is 5.70. The lowest BCUT2D eigenvalue weighted by molar-refractivity contribution is 0.758. The number of nitrogens with zero attached hydrogens (tertiary/aromatic N) is 4. The van der Waals surface area contributed by atoms with Crippen LogP contribution < -0.4 is 10.2 Å². The Kier molecular flexibility index (Phi) is 4.01. The summed E-state index contributed by atoms with van der Waals surface area (Å²) >= 11 is 0. The summed E-state index contributed by atoms with van der Waals surface area (Å²) in [6.45, 7) is 0.933. The van der Waals surface area contributed by atoms with Gasteiger partial charge in [-0.2, -0.15) is 5.26 Å². The van der Waals surface area contributed by atoms with Crippen molar-refractivity contribution in [2.75, 3.05) is 16.8 Å². The number of anilines is 4. The van der Waals surface area contributed by atoms with Crippen LogP contribution in [0.1, 0.15) is 17.5 Å². The van der Waals surface area contributed by atoms with Gasteiger partial charge in [0.25, 0.3) is 0 Å². The molecule has 1 aliphatic heterocycles. The average molecular weight is 327 g/mol. The molecule has 5 nitrogen and oxygen atoms in total. The van der Waals surface area contributed by atoms with Gasteiger partial charge in [-0.15, -0.1) is 0 Å². The molecule has 122 valence electrons. The summed E-state index contributed by atoms with van der Waals surface area (Å²) in [5, 5.41) is 12.5. The van der Waals surface area contributed by atoms with E-state index in [-0.39, 0.29) is 0 Å². The molecule has 1 aromatic heterocycles. The predicted molar refractivity (Wildman–Crippen MR) is 98.2 cm³/mol. The van der Waals surface area contributed by atoms with Crippen molar-refractivity contribution in [2.24, 2.45) is 0 Å². The molecule has 4 rings (SSSR count). The Bertz CT molecular complexity index is 945. The lowest BCUT2D eigenvalue weighted by Crippen LogP contribution is -2.25. The molecule has 5 heteroatoms. The Morgan fingerprint density at radius 1 is 1.04 bits per heavy atom. The minimum atomic E-state index is 0.589. The number of nitrogens with one attached hydrogen (secondary N) is 1. The molecular formula is C20H17N5. The molecule has 0 spiro atoms. The Labute approximate surface area is 146 Å². The molecule has 0 amide bonds. The van der Waals surface area contributed by atoms with E-state index >= 15 is 0 Å². The fourth-order valence-corrected chi connectivity index (χ4v) is 3.16. The van der Waals surface area contributed by atoms with Gasteiger partial charge in [0, 0.05) is 18.3 Å². The zero-order valence-corrected chi connectivity index (χ0v) is 13.7. The van der Waals surface area contributed by atoms with Crippen LogP contribution in [0.4, 0.5) is 23.0 Å². The lowest BCUT2D eigenvalue weighted by Gasteiger charge is -2.30. The minimum absolute atomic E-state index is 0.589. The number of para-hydroxylation sites is 2. The summed E-state index contributed by atoms with van der Waals surface area (Å²) in [5.74, 6) is 1.54. The van der Waals surface area contributed by atoms with E-state index in [0.29, 0.717) is 11.4 Å². The summed E-state index contributed by atoms with van der Waals surface area (Å²) in [6, 6.07) is 20.0. The highest BCUT2D eigenvalue weighted by atomic mass is 15.2. The second-order valence-electron chi connectivity index (χ2n) is 5.93. The molecule has 2 heterocycles. The summed E-state index contributed by atoms with van der Waals surface area (Å²) in [7, 11) is 0. The maximum Gasteiger partial charge on any atom is 0.138 e. The van der Waals surface area contributed by atoms with Gasteiger partial charge in [-0.3, -0.25) is 0 Å². The van der Waals surface area contributed by atoms with Crippen LogP contribution in [0.25, 0.3) is 0 Å². The fourth-order valence-electron chi connectivity index (χ4n) is 3.16. The number of rotatable bonds is 3. The zero-order valence-electron chi connectivity index (χ0n) is 13.7. The van der Waals surface area contributed by atoms with Crippen molar-refractivity contribution < 1.29 is 0 Å². The quantitative estimate of drug-likeness (QED) is 0.782. The van der Waals surface area contributed by atoms with Crippen LogP contribution in [0.2, 0.25) is 0 Å². The number of hydrogen-bond donors (Lipinski definition) is 1. The summed E-state index contributed by atoms with van der Waals surface area (Å²) < 4.78 is 0. The van der Waals surface area contributed by atoms with Crippen LogP contribution in [0.3, 0.4) is 0 Å². The normalized spacial score (nSPS) is 13.0. The van der Waals surface area contributed by atoms with Crippen molar-refractivity contribution in [1.29, 1.82) is 5.26 Å². The molecule has 0 fully saturated rings. The third-order valence-corrected chi connectivity index (χ3v) is 4.35. The topological polar surface area (TPSA) is 64.8 Å². The SMILES string of the molecule is N#Cc1ccccc1Nc1cc(N2CCCc3ccccc32)ncn1. The van der Waals surface area contributed by atoms with Gasteiger partial charge in [-0.25, -0.2) is 9.97 Å². The Balaban J connectivity index is 1.66. The first-order valence-electron chi connectivity index (χ1n) is 8.29. The van der Waals surface area contributed by atoms with Crippen molar-refractivity contribution in [3.63, 3.8) is 0 Å². The van der Waals surface area contributed by atoms with Gasteiger partial charge in [0.15, 0.2) is 0 Å². The smallest absolute Gasteiger partial charge is 0.138 e. The number of aromatic nitrogens is 2. The molecule has 0 saturated heterocycles. The van der Waals surface area contributed by atoms with Crippen LogP contribution in [-0.2, 0) is 6.42 Å². The second-order valence-corrected chi connectivity index (χ2v) is 5.93. The van der Waals surface area contributed by atoms with Crippen molar-refractivity contribution >= 4 is 23.0 Å². The van der Waals surface area contributed by atoms with Gasteiger partial charge in [0.1, 0.15) is 24.0 Å². The molecule has 0 unspecified atom stereocenters. The summed E-state index contributed by atoms with van der Waals surface area (Å²) in [4.78, 5) is 11.0. The fraction of sp³-hybridized carbons (Fsp3) is 0.150. The molecule has 1 aliphatic rings. The molecule has 0 atom stereocenters. The lowest BCUT2D eigenvalue weighted by atomic mass is 10.0. The molecule has 0 bridgehead atoms. The van der Waals surface area contributed by atoms with E-state index in [1.165, 1.54) is 11.3 Å². The van der Waals surface area contributed by atoms with E-state index in [9.17, 15) is 5.26 Å². The van der Waals surface area contributed by atoms with Crippen LogP contribution in [0, 0.1) is 11.3 Å². The molecule has 3 aromatic rings. The van der Waals surface area contributed by atoms with Crippen LogP contribution in [-0.4, -0.2) is 16.5 Å². The van der Waals surface area contributed by atoms with Crippen LogP contribution in [0.5, 0.6) is 0 Å². The van der Waals surface area contributed by atoms with Crippen molar-refractivity contribution in [1.82, 2.24) is 9.97 Å². The van der Waals surface area contributed by atoms with Gasteiger partial charge in [0.2, 0.25) is 0 Å². The maximum atomic E-state index is 9.23. The number of benzene rings is 2. The second kappa shape index (κ2) is 6.62. The van der Waals surface area contributed by atoms with Gasteiger partial charge in [-0.1, -0.05) is 30.3 Å². The van der Waals surface area contributed by atoms with Gasteiger partial charge >= 0.3 is 0 Å². The molecule has 0 saturated carbocycles. The predicted octanol–water partition coefficient (Wildman–Crippen LogP) is 4.18. The first-order chi connectivity index (χ1) is 12.3. The van der Waals surface area contributed by atoms with Crippen molar-refractivity contribution in [3.05, 3.63) is 72.1 Å². The molecule has 2 aromatic carbocycles. The van der Waals surface area contributed by atoms with Gasteiger partial charge < -0.3 is 10.2 Å². The Morgan fingerprint density at radius 3 is 2.80 bits per heavy atom. The monoisotopic (exact) mass is 327 g/mol. The maximum absolute atomic E-state index is 9.23. The summed E-state index contributed by atoms with van der Waals surface area (Å²) in [6.07, 6.45) is 3.75. The largest absolute Gasteiger partial charge is 0.339 e. The molecule has 0 aliphatic carbocycles. The number of hydrogen-bond acceptors (Lipinski definition) is 5. The van der Waals surface area contributed by atoms with E-state index in [4.69, 9.17) is 0 Å². The van der Waals surface area contributed by atoms with E-state index in [1.54, 1.807) is 12.4 Å². The molecule has 25 heavy (non-hydrogen) atoms. The first-order valence-corrected chi connectivity index (χ1v) is 8.29. The van der Waals surface area contributed by atoms with Crippen LogP contribution in [0.15, 0.2) is 60.9 Å². The Hall–Kier alpha value is -3.39. The van der Waals surface area contributed by atoms with E-state index in [0.717, 1.165) is 30.9 Å². The molecule has 1 N–H and O–H groups in total. The van der Waals surface area contributed by atoms with E-state index in [1.807, 2.05) is 24.3 Å². The summed E-state index contributed by atoms with van der Waals surface area (Å²) in [5.41, 5.74) is 3.88. The van der Waals surface area contributed by atoms with Gasteiger partial charge in [0.05, 0.1) is 11.3 Å². The molecule has 0 radical (unpaired) electrons. The van der Waals surface area contributed by atoms with Gasteiger partial charge in [-0.05, 0) is 36.6 Å². The molecular weight excluding hydrogens is 310 g/mol. The highest BCUT2D eigenvalue weighted by Gasteiger charge is 2.19. The van der Waals surface area contributed by atoms with Crippen molar-refractivity contribution in [3.8, 4) is 6.07 Å². The minimum Gasteiger partial charge on any atom is -0.339 e. The number of fused-ring (bicyclic) bond motifs is 1. The van der Waals surface area contributed by atoms with Crippen LogP contribution >= 0.6 is 0 Å². The van der Waals surface area contributed by atoms with E-state index in [2.05, 4.69) is 50.5 Å². The third-order valence-electron chi connectivity index (χ3n) is 4.35.